The van der Waals surface area contributed by atoms with Crippen molar-refractivity contribution in [3.05, 3.63) is 90.0 Å². The number of carbonyl (C=O) groups is 3. The Morgan fingerprint density at radius 1 is 0.947 bits per heavy atom. The van der Waals surface area contributed by atoms with Gasteiger partial charge in [-0.2, -0.15) is 0 Å². The Morgan fingerprint density at radius 3 is 2.16 bits per heavy atom. The second-order valence-electron chi connectivity index (χ2n) is 8.39. The fourth-order valence-corrected chi connectivity index (χ4v) is 3.32. The Labute approximate surface area is 224 Å². The van der Waals surface area contributed by atoms with Crippen molar-refractivity contribution in [1.29, 1.82) is 0 Å². The van der Waals surface area contributed by atoms with E-state index in [1.165, 1.54) is 17.6 Å². The Morgan fingerprint density at radius 2 is 1.55 bits per heavy atom. The molecule has 0 spiro atoms. The predicted molar refractivity (Wildman–Crippen MR) is 153 cm³/mol. The van der Waals surface area contributed by atoms with Crippen LogP contribution in [0.15, 0.2) is 78.9 Å². The number of allylic oxidation sites excluding steroid dienone is 2. The third kappa shape index (κ3) is 11.3. The van der Waals surface area contributed by atoms with Crippen LogP contribution in [0.3, 0.4) is 0 Å². The van der Waals surface area contributed by atoms with E-state index in [1.54, 1.807) is 0 Å². The van der Waals surface area contributed by atoms with E-state index in [0.29, 0.717) is 6.41 Å². The molecule has 0 fully saturated rings. The number of nitrogens with two attached hydrogens (primary N) is 1. The molecule has 3 rings (SSSR count). The largest absolute Gasteiger partial charge is 0.341 e. The molecule has 0 saturated heterocycles. The van der Waals surface area contributed by atoms with Crippen LogP contribution in [0.2, 0.25) is 0 Å². The average Bonchev–Trinajstić information content (AvgIpc) is 2.93. The number of benzene rings is 3. The number of hydrogen-bond donors (Lipinski definition) is 4. The number of nitrogens with one attached hydrogen (secondary N) is 3. The van der Waals surface area contributed by atoms with Crippen molar-refractivity contribution >= 4 is 34.6 Å². The van der Waals surface area contributed by atoms with Gasteiger partial charge in [0.1, 0.15) is 6.04 Å². The molecule has 204 valence electrons. The van der Waals surface area contributed by atoms with Crippen LogP contribution in [0.4, 0.5) is 4.39 Å². The van der Waals surface area contributed by atoms with Gasteiger partial charge in [0.25, 0.3) is 5.91 Å². The minimum absolute atomic E-state index is 0.105. The highest BCUT2D eigenvalue weighted by molar-refractivity contribution is 5.91. The fraction of sp³-hybridized carbons (Fsp3) is 0.300. The first-order chi connectivity index (χ1) is 18.3. The van der Waals surface area contributed by atoms with Crippen LogP contribution >= 0.6 is 0 Å². The molecule has 7 nitrogen and oxygen atoms in total. The van der Waals surface area contributed by atoms with Crippen LogP contribution < -0.4 is 21.7 Å². The van der Waals surface area contributed by atoms with E-state index in [1.807, 2.05) is 48.5 Å². The molecule has 8 heteroatoms. The van der Waals surface area contributed by atoms with E-state index in [0.717, 1.165) is 16.3 Å². The maximum Gasteiger partial charge on any atom is 0.270 e. The zero-order valence-corrected chi connectivity index (χ0v) is 22.5. The quantitative estimate of drug-likeness (QED) is 0.144. The third-order valence-corrected chi connectivity index (χ3v) is 5.30. The summed E-state index contributed by atoms with van der Waals surface area (Å²) in [6.45, 7) is 8.32. The van der Waals surface area contributed by atoms with Crippen molar-refractivity contribution in [2.75, 3.05) is 6.67 Å². The first-order valence-corrected chi connectivity index (χ1v) is 12.6. The molecule has 0 aliphatic heterocycles. The van der Waals surface area contributed by atoms with Gasteiger partial charge in [-0.15, -0.1) is 0 Å². The molecule has 38 heavy (non-hydrogen) atoms. The first-order valence-electron chi connectivity index (χ1n) is 12.6. The van der Waals surface area contributed by atoms with Gasteiger partial charge in [0.2, 0.25) is 18.6 Å². The molecule has 0 heterocycles. The van der Waals surface area contributed by atoms with Crippen molar-refractivity contribution in [2.24, 2.45) is 5.73 Å². The molecule has 0 radical (unpaired) electrons. The van der Waals surface area contributed by atoms with Gasteiger partial charge in [-0.3, -0.25) is 20.1 Å². The van der Waals surface area contributed by atoms with Gasteiger partial charge in [-0.25, -0.2) is 4.39 Å². The van der Waals surface area contributed by atoms with Crippen LogP contribution in [-0.2, 0) is 20.8 Å². The normalized spacial score (nSPS) is 12.0. The minimum Gasteiger partial charge on any atom is -0.341 e. The number of fused-ring (bicyclic) bond motifs is 1. The highest BCUT2D eigenvalue weighted by atomic mass is 19.1. The van der Waals surface area contributed by atoms with Gasteiger partial charge in [0, 0.05) is 6.42 Å². The Balaban J connectivity index is 0.000000459. The Hall–Kier alpha value is -4.04. The van der Waals surface area contributed by atoms with Crippen molar-refractivity contribution < 1.29 is 18.8 Å². The molecule has 5 N–H and O–H groups in total. The highest BCUT2D eigenvalue weighted by Crippen LogP contribution is 2.20. The molecular weight excluding hydrogens is 483 g/mol. The minimum atomic E-state index is -2.23. The van der Waals surface area contributed by atoms with E-state index in [2.05, 4.69) is 74.0 Å². The predicted octanol–water partition coefficient (Wildman–Crippen LogP) is 4.47. The zero-order valence-electron chi connectivity index (χ0n) is 22.5. The number of rotatable bonds is 9. The summed E-state index contributed by atoms with van der Waals surface area (Å²) in [6.07, 6.45) is 1.72. The van der Waals surface area contributed by atoms with E-state index >= 15 is 0 Å². The second kappa shape index (κ2) is 18.2. The summed E-state index contributed by atoms with van der Waals surface area (Å²) in [5.74, 6) is -1.64. The number of amides is 3. The van der Waals surface area contributed by atoms with Crippen LogP contribution in [0.1, 0.15) is 45.2 Å². The molecule has 0 aliphatic carbocycles. The van der Waals surface area contributed by atoms with Gasteiger partial charge in [-0.05, 0) is 41.3 Å². The molecule has 3 aromatic carbocycles. The van der Waals surface area contributed by atoms with Gasteiger partial charge >= 0.3 is 0 Å². The monoisotopic (exact) mass is 522 g/mol. The lowest BCUT2D eigenvalue weighted by Gasteiger charge is -2.19. The summed E-state index contributed by atoms with van der Waals surface area (Å²) < 4.78 is 13.0. The maximum atomic E-state index is 13.0. The SMILES string of the molecule is C/C=C(/C)c1ccccc1.CCC.NC(F)C(=O)NC(Cc1cccc2ccccc12)C(=O)NCNC=O. The lowest BCUT2D eigenvalue weighted by Crippen LogP contribution is -2.52. The van der Waals surface area contributed by atoms with Crippen LogP contribution in [0.25, 0.3) is 16.3 Å². The van der Waals surface area contributed by atoms with E-state index in [9.17, 15) is 18.8 Å². The molecule has 0 bridgehead atoms. The molecule has 3 aromatic rings. The number of halogens is 1. The molecule has 2 unspecified atom stereocenters. The Kier molecular flexibility index (Phi) is 15.4. The third-order valence-electron chi connectivity index (χ3n) is 5.30. The van der Waals surface area contributed by atoms with E-state index < -0.39 is 24.2 Å². The second-order valence-corrected chi connectivity index (χ2v) is 8.39. The molecular formula is C30H39FN4O3. The van der Waals surface area contributed by atoms with Crippen molar-refractivity contribution in [1.82, 2.24) is 16.0 Å². The molecule has 0 saturated carbocycles. The highest BCUT2D eigenvalue weighted by Gasteiger charge is 2.24. The van der Waals surface area contributed by atoms with E-state index in [4.69, 9.17) is 5.73 Å². The summed E-state index contributed by atoms with van der Waals surface area (Å²) >= 11 is 0. The lowest BCUT2D eigenvalue weighted by atomic mass is 9.98. The molecule has 0 aliphatic rings. The topological polar surface area (TPSA) is 113 Å². The van der Waals surface area contributed by atoms with Gasteiger partial charge < -0.3 is 16.0 Å². The van der Waals surface area contributed by atoms with Crippen LogP contribution in [0, 0.1) is 0 Å². The maximum absolute atomic E-state index is 13.0. The first kappa shape index (κ1) is 32.0. The zero-order chi connectivity index (χ0) is 28.3. The van der Waals surface area contributed by atoms with Crippen molar-refractivity contribution in [3.8, 4) is 0 Å². The summed E-state index contributed by atoms with van der Waals surface area (Å²) in [6, 6.07) is 22.5. The van der Waals surface area contributed by atoms with Crippen LogP contribution in [0.5, 0.6) is 0 Å². The smallest absolute Gasteiger partial charge is 0.270 e. The summed E-state index contributed by atoms with van der Waals surface area (Å²) in [7, 11) is 0. The Bertz CT molecular complexity index is 1160. The standard InChI is InChI=1S/C17H19FN4O3.C10H12.C3H8/c18-15(19)17(25)22-14(16(24)21-9-20-10-23)8-12-6-3-5-11-4-1-2-7-13(11)12;1-3-9(2)10-7-5-4-6-8-10;1-3-2/h1-7,10,14-15H,8-9,19H2,(H,20,23)(H,21,24)(H,22,25);3-8H,1-2H3;3H2,1-2H3/b;9-3-;. The average molecular weight is 523 g/mol. The lowest BCUT2D eigenvalue weighted by molar-refractivity contribution is -0.131. The summed E-state index contributed by atoms with van der Waals surface area (Å²) in [5, 5.41) is 8.91. The van der Waals surface area contributed by atoms with Crippen LogP contribution in [-0.4, -0.2) is 37.2 Å². The van der Waals surface area contributed by atoms with Crippen molar-refractivity contribution in [3.63, 3.8) is 0 Å². The summed E-state index contributed by atoms with van der Waals surface area (Å²) in [4.78, 5) is 34.1. The molecule has 0 aromatic heterocycles. The van der Waals surface area contributed by atoms with Gasteiger partial charge in [-0.1, -0.05) is 99.1 Å². The summed E-state index contributed by atoms with van der Waals surface area (Å²) in [5.41, 5.74) is 8.38. The number of hydrogen-bond acceptors (Lipinski definition) is 4. The van der Waals surface area contributed by atoms with Crippen molar-refractivity contribution in [2.45, 2.75) is 52.9 Å². The van der Waals surface area contributed by atoms with Gasteiger partial charge in [0.05, 0.1) is 6.67 Å². The number of alkyl halides is 1. The number of carbonyl (C=O) groups excluding carboxylic acids is 3. The molecule has 3 amide bonds. The molecule has 2 atom stereocenters. The van der Waals surface area contributed by atoms with E-state index in [-0.39, 0.29) is 13.1 Å². The fourth-order valence-electron chi connectivity index (χ4n) is 3.32. The van der Waals surface area contributed by atoms with Gasteiger partial charge in [0.15, 0.2) is 0 Å².